The quantitative estimate of drug-likeness (QED) is 0.0222. The molecule has 0 aromatic heterocycles. The van der Waals surface area contributed by atoms with Crippen LogP contribution in [0.5, 0.6) is 0 Å². The standard InChI is InChI=1S/C89H174O17P2/c1-9-81(7)67-59-51-43-35-29-23-19-15-11-13-17-21-25-31-38-46-55-63-71-88(93)105-84(75-99-86(91)69-61-53-45-37-33-27-28-34-41-49-57-65-79(3)4)77-103-107(95,96)101-73-83(90)74-102-108(97,98)104-78-85(76-100-87(92)70-62-54-48-40-42-50-58-66-80(5)6)106-89(94)72-64-56-47-39-32-26-22-18-14-12-16-20-24-30-36-44-52-60-68-82(8)10-2/h79-85,90H,9-78H2,1-8H3,(H,95,96)(H,97,98)/t81?,82?,83?,84-,85-/m1/s1. The van der Waals surface area contributed by atoms with Crippen molar-refractivity contribution in [3.8, 4) is 0 Å². The van der Waals surface area contributed by atoms with Gasteiger partial charge in [0.05, 0.1) is 26.4 Å². The van der Waals surface area contributed by atoms with Crippen LogP contribution >= 0.6 is 15.6 Å². The van der Waals surface area contributed by atoms with E-state index < -0.39 is 97.5 Å². The number of hydrogen-bond donors (Lipinski definition) is 3. The number of ether oxygens (including phenoxy) is 4. The molecule has 642 valence electrons. The van der Waals surface area contributed by atoms with Gasteiger partial charge < -0.3 is 33.8 Å². The van der Waals surface area contributed by atoms with E-state index in [0.29, 0.717) is 31.6 Å². The Kier molecular flexibility index (Phi) is 76.2. The zero-order chi connectivity index (χ0) is 79.5. The number of rotatable bonds is 86. The highest BCUT2D eigenvalue weighted by Crippen LogP contribution is 2.45. The number of esters is 4. The summed E-state index contributed by atoms with van der Waals surface area (Å²) in [5, 5.41) is 10.7. The lowest BCUT2D eigenvalue weighted by Gasteiger charge is -2.21. The van der Waals surface area contributed by atoms with Gasteiger partial charge in [-0.15, -0.1) is 0 Å². The van der Waals surface area contributed by atoms with E-state index in [4.69, 9.17) is 37.0 Å². The molecule has 0 saturated carbocycles. The molecule has 0 heterocycles. The largest absolute Gasteiger partial charge is 0.472 e. The molecule has 0 aromatic rings. The van der Waals surface area contributed by atoms with Gasteiger partial charge in [0.2, 0.25) is 0 Å². The van der Waals surface area contributed by atoms with Crippen LogP contribution in [-0.4, -0.2) is 96.7 Å². The molecule has 17 nitrogen and oxygen atoms in total. The van der Waals surface area contributed by atoms with Gasteiger partial charge in [-0.25, -0.2) is 9.13 Å². The van der Waals surface area contributed by atoms with E-state index in [-0.39, 0.29) is 25.7 Å². The third-order valence-electron chi connectivity index (χ3n) is 21.5. The Morgan fingerprint density at radius 2 is 0.444 bits per heavy atom. The normalized spacial score (nSPS) is 14.4. The van der Waals surface area contributed by atoms with Crippen molar-refractivity contribution in [1.82, 2.24) is 0 Å². The summed E-state index contributed by atoms with van der Waals surface area (Å²) in [7, 11) is -9.93. The van der Waals surface area contributed by atoms with E-state index in [0.717, 1.165) is 114 Å². The molecule has 0 spiro atoms. The number of phosphoric ester groups is 2. The average molecular weight is 1580 g/mol. The third-order valence-corrected chi connectivity index (χ3v) is 23.4. The minimum absolute atomic E-state index is 0.107. The van der Waals surface area contributed by atoms with Gasteiger partial charge in [0.1, 0.15) is 19.3 Å². The fourth-order valence-electron chi connectivity index (χ4n) is 13.8. The molecule has 5 unspecified atom stereocenters. The molecule has 7 atom stereocenters. The van der Waals surface area contributed by atoms with Crippen molar-refractivity contribution in [2.75, 3.05) is 39.6 Å². The van der Waals surface area contributed by atoms with E-state index in [1.807, 2.05) is 0 Å². The van der Waals surface area contributed by atoms with Crippen molar-refractivity contribution in [2.24, 2.45) is 23.7 Å². The van der Waals surface area contributed by atoms with Crippen molar-refractivity contribution in [1.29, 1.82) is 0 Å². The molecule has 0 aliphatic heterocycles. The van der Waals surface area contributed by atoms with Crippen LogP contribution in [0.1, 0.15) is 466 Å². The van der Waals surface area contributed by atoms with E-state index in [1.54, 1.807) is 0 Å². The predicted molar refractivity (Wildman–Crippen MR) is 446 cm³/mol. The first-order valence-corrected chi connectivity index (χ1v) is 48.8. The zero-order valence-corrected chi connectivity index (χ0v) is 73.3. The average Bonchev–Trinajstić information content (AvgIpc) is 0.899. The number of carbonyl (C=O) groups excluding carboxylic acids is 4. The number of aliphatic hydroxyl groups is 1. The SMILES string of the molecule is CCC(C)CCCCCCCCCCCCCCCCCCCCC(=O)O[C@H](COC(=O)CCCCCCCCCCCCCC(C)C)COP(=O)(O)OCC(O)COP(=O)(O)OC[C@@H](COC(=O)CCCCCCCCCC(C)C)OC(=O)CCCCCCCCCCCCCCCCCCCCC(C)CC. The number of phosphoric acid groups is 2. The maximum atomic E-state index is 13.2. The van der Waals surface area contributed by atoms with Crippen LogP contribution in [-0.2, 0) is 65.4 Å². The van der Waals surface area contributed by atoms with Gasteiger partial charge in [0.15, 0.2) is 12.2 Å². The Morgan fingerprint density at radius 1 is 0.259 bits per heavy atom. The monoisotopic (exact) mass is 1580 g/mol. The fraction of sp³-hybridized carbons (Fsp3) is 0.955. The van der Waals surface area contributed by atoms with Gasteiger partial charge in [0, 0.05) is 25.7 Å². The van der Waals surface area contributed by atoms with Crippen LogP contribution in [0, 0.1) is 23.7 Å². The summed E-state index contributed by atoms with van der Waals surface area (Å²) in [6.07, 6.45) is 68.2. The minimum Gasteiger partial charge on any atom is -0.462 e. The molecule has 19 heteroatoms. The minimum atomic E-state index is -4.97. The summed E-state index contributed by atoms with van der Waals surface area (Å²) in [5.74, 6) is 1.11. The van der Waals surface area contributed by atoms with Crippen molar-refractivity contribution in [3.05, 3.63) is 0 Å². The molecule has 0 saturated heterocycles. The van der Waals surface area contributed by atoms with Crippen molar-refractivity contribution in [3.63, 3.8) is 0 Å². The second-order valence-corrected chi connectivity index (χ2v) is 36.3. The van der Waals surface area contributed by atoms with Gasteiger partial charge >= 0.3 is 39.5 Å². The van der Waals surface area contributed by atoms with Crippen molar-refractivity contribution < 1.29 is 80.2 Å². The zero-order valence-electron chi connectivity index (χ0n) is 71.5. The molecular weight excluding hydrogens is 1400 g/mol. The number of hydrogen-bond acceptors (Lipinski definition) is 15. The van der Waals surface area contributed by atoms with Crippen LogP contribution < -0.4 is 0 Å². The lowest BCUT2D eigenvalue weighted by Crippen LogP contribution is -2.30. The van der Waals surface area contributed by atoms with Crippen LogP contribution in [0.25, 0.3) is 0 Å². The highest BCUT2D eigenvalue weighted by atomic mass is 31.2. The molecule has 0 aromatic carbocycles. The van der Waals surface area contributed by atoms with Crippen molar-refractivity contribution >= 4 is 39.5 Å². The van der Waals surface area contributed by atoms with Crippen molar-refractivity contribution in [2.45, 2.75) is 485 Å². The van der Waals surface area contributed by atoms with E-state index in [9.17, 15) is 43.2 Å². The van der Waals surface area contributed by atoms with E-state index in [2.05, 4.69) is 55.4 Å². The predicted octanol–water partition coefficient (Wildman–Crippen LogP) is 27.1. The van der Waals surface area contributed by atoms with Gasteiger partial charge in [-0.05, 0) is 49.4 Å². The van der Waals surface area contributed by atoms with Gasteiger partial charge in [0.25, 0.3) is 0 Å². The Labute approximate surface area is 664 Å². The molecule has 108 heavy (non-hydrogen) atoms. The summed E-state index contributed by atoms with van der Waals surface area (Å²) in [6, 6.07) is 0. The summed E-state index contributed by atoms with van der Waals surface area (Å²) in [5.41, 5.74) is 0. The van der Waals surface area contributed by atoms with Crippen LogP contribution in [0.3, 0.4) is 0 Å². The summed E-state index contributed by atoms with van der Waals surface area (Å²) in [4.78, 5) is 73.3. The molecule has 3 N–H and O–H groups in total. The Hall–Kier alpha value is -1.94. The van der Waals surface area contributed by atoms with Crippen LogP contribution in [0.15, 0.2) is 0 Å². The van der Waals surface area contributed by atoms with E-state index in [1.165, 1.54) is 263 Å². The molecule has 0 aliphatic carbocycles. The second kappa shape index (κ2) is 77.6. The summed E-state index contributed by atoms with van der Waals surface area (Å²) in [6.45, 7) is 14.4. The summed E-state index contributed by atoms with van der Waals surface area (Å²) >= 11 is 0. The van der Waals surface area contributed by atoms with Crippen LogP contribution in [0.4, 0.5) is 0 Å². The lowest BCUT2D eigenvalue weighted by atomic mass is 9.99. The topological polar surface area (TPSA) is 237 Å². The molecule has 0 amide bonds. The molecule has 0 bridgehead atoms. The number of unbranched alkanes of at least 4 members (excludes halogenated alkanes) is 50. The molecule has 0 aliphatic rings. The summed E-state index contributed by atoms with van der Waals surface area (Å²) < 4.78 is 68.9. The Morgan fingerprint density at radius 3 is 0.657 bits per heavy atom. The molecule has 0 fully saturated rings. The second-order valence-electron chi connectivity index (χ2n) is 33.4. The van der Waals surface area contributed by atoms with E-state index >= 15 is 0 Å². The maximum absolute atomic E-state index is 13.2. The Balaban J connectivity index is 5.18. The highest BCUT2D eigenvalue weighted by molar-refractivity contribution is 7.47. The highest BCUT2D eigenvalue weighted by Gasteiger charge is 2.31. The first-order chi connectivity index (χ1) is 52.2. The van der Waals surface area contributed by atoms with Crippen LogP contribution in [0.2, 0.25) is 0 Å². The maximum Gasteiger partial charge on any atom is 0.472 e. The lowest BCUT2D eigenvalue weighted by molar-refractivity contribution is -0.161. The fourth-order valence-corrected chi connectivity index (χ4v) is 15.4. The first-order valence-electron chi connectivity index (χ1n) is 45.8. The smallest absolute Gasteiger partial charge is 0.462 e. The number of aliphatic hydroxyl groups excluding tert-OH is 1. The third kappa shape index (κ3) is 79.3. The van der Waals surface area contributed by atoms with Gasteiger partial charge in [-0.3, -0.25) is 37.3 Å². The number of carbonyl (C=O) groups is 4. The first kappa shape index (κ1) is 106. The molecule has 0 rings (SSSR count). The van der Waals surface area contributed by atoms with Gasteiger partial charge in [-0.2, -0.15) is 0 Å². The molecule has 0 radical (unpaired) electrons. The molecular formula is C89H174O17P2. The van der Waals surface area contributed by atoms with Gasteiger partial charge in [-0.1, -0.05) is 415 Å². The Bertz CT molecular complexity index is 2100.